The number of aliphatic hydroxyl groups excluding tert-OH is 1. The number of alkyl halides is 1. The Morgan fingerprint density at radius 1 is 1.69 bits per heavy atom. The molecule has 1 aliphatic rings. The Labute approximate surface area is 78.7 Å². The minimum Gasteiger partial charge on any atom is -0.389 e. The fraction of sp³-hybridized carbons (Fsp3) is 1.00. The van der Waals surface area contributed by atoms with Crippen LogP contribution in [0, 0.1) is 0 Å². The van der Waals surface area contributed by atoms with E-state index in [1.165, 1.54) is 0 Å². The minimum absolute atomic E-state index is 0.172. The summed E-state index contributed by atoms with van der Waals surface area (Å²) < 4.78 is 12.0. The number of rotatable bonds is 3. The van der Waals surface area contributed by atoms with Crippen LogP contribution in [-0.2, 0) is 0 Å². The van der Waals surface area contributed by atoms with Gasteiger partial charge in [-0.05, 0) is 26.3 Å². The van der Waals surface area contributed by atoms with Gasteiger partial charge in [0.15, 0.2) is 0 Å². The van der Waals surface area contributed by atoms with Crippen LogP contribution in [0.1, 0.15) is 19.8 Å². The van der Waals surface area contributed by atoms with Crippen molar-refractivity contribution in [3.05, 3.63) is 0 Å². The van der Waals surface area contributed by atoms with E-state index in [0.29, 0.717) is 6.54 Å². The first-order valence-electron chi connectivity index (χ1n) is 4.79. The molecular weight excluding hydrogens is 171 g/mol. The average molecular weight is 190 g/mol. The van der Waals surface area contributed by atoms with E-state index < -0.39 is 12.8 Å². The average Bonchev–Trinajstić information content (AvgIpc) is 2.02. The van der Waals surface area contributed by atoms with Gasteiger partial charge in [-0.15, -0.1) is 0 Å². The summed E-state index contributed by atoms with van der Waals surface area (Å²) in [5, 5.41) is 9.12. The van der Waals surface area contributed by atoms with Gasteiger partial charge in [0, 0.05) is 18.6 Å². The van der Waals surface area contributed by atoms with Crippen molar-refractivity contribution >= 4 is 0 Å². The number of hydrogen-bond donors (Lipinski definition) is 2. The van der Waals surface area contributed by atoms with Gasteiger partial charge in [-0.1, -0.05) is 0 Å². The van der Waals surface area contributed by atoms with E-state index in [1.807, 2.05) is 11.8 Å². The maximum atomic E-state index is 12.0. The zero-order chi connectivity index (χ0) is 9.90. The second-order valence-electron chi connectivity index (χ2n) is 4.30. The Kier molecular flexibility index (Phi) is 3.64. The summed E-state index contributed by atoms with van der Waals surface area (Å²) >= 11 is 0. The lowest BCUT2D eigenvalue weighted by atomic mass is 9.92. The van der Waals surface area contributed by atoms with E-state index in [4.69, 9.17) is 10.8 Å². The van der Waals surface area contributed by atoms with Crippen molar-refractivity contribution in [3.8, 4) is 0 Å². The van der Waals surface area contributed by atoms with E-state index >= 15 is 0 Å². The number of hydrogen-bond acceptors (Lipinski definition) is 3. The second kappa shape index (κ2) is 4.35. The first-order chi connectivity index (χ1) is 6.03. The van der Waals surface area contributed by atoms with Gasteiger partial charge in [0.05, 0.1) is 6.10 Å². The molecule has 1 heterocycles. The molecule has 3 N–H and O–H groups in total. The molecule has 4 heteroatoms. The Bertz CT molecular complexity index is 164. The molecule has 0 saturated carbocycles. The van der Waals surface area contributed by atoms with Crippen molar-refractivity contribution in [3.63, 3.8) is 0 Å². The summed E-state index contributed by atoms with van der Waals surface area (Å²) in [7, 11) is 0. The molecule has 3 nitrogen and oxygen atoms in total. The van der Waals surface area contributed by atoms with Gasteiger partial charge in [-0.2, -0.15) is 0 Å². The summed E-state index contributed by atoms with van der Waals surface area (Å²) in [6.45, 7) is 3.41. The van der Waals surface area contributed by atoms with Crippen LogP contribution < -0.4 is 5.73 Å². The van der Waals surface area contributed by atoms with Crippen molar-refractivity contribution < 1.29 is 9.50 Å². The molecule has 0 bridgehead atoms. The normalized spacial score (nSPS) is 33.2. The summed E-state index contributed by atoms with van der Waals surface area (Å²) in [4.78, 5) is 2.04. The molecule has 1 saturated heterocycles. The molecule has 78 valence electrons. The standard InChI is InChI=1S/C9H19FN2O/c1-9(11)3-2-4-12(7-9)6-8(13)5-10/h8,13H,2-7,11H2,1H3. The highest BCUT2D eigenvalue weighted by Crippen LogP contribution is 2.17. The number of likely N-dealkylation sites (tertiary alicyclic amines) is 1. The molecule has 1 fully saturated rings. The van der Waals surface area contributed by atoms with Gasteiger partial charge in [0.1, 0.15) is 6.67 Å². The summed E-state index contributed by atoms with van der Waals surface area (Å²) in [5.74, 6) is 0. The van der Waals surface area contributed by atoms with Crippen molar-refractivity contribution in [2.75, 3.05) is 26.3 Å². The number of aliphatic hydroxyl groups is 1. The minimum atomic E-state index is -0.853. The number of β-amino-alcohol motifs (C(OH)–C–C–N with tert-alkyl or cyclic N) is 1. The Balaban J connectivity index is 2.34. The lowest BCUT2D eigenvalue weighted by Gasteiger charge is -2.38. The van der Waals surface area contributed by atoms with Gasteiger partial charge in [0.2, 0.25) is 0 Å². The second-order valence-corrected chi connectivity index (χ2v) is 4.30. The first kappa shape index (κ1) is 10.9. The monoisotopic (exact) mass is 190 g/mol. The topological polar surface area (TPSA) is 49.5 Å². The smallest absolute Gasteiger partial charge is 0.117 e. The predicted molar refractivity (Wildman–Crippen MR) is 50.2 cm³/mol. The van der Waals surface area contributed by atoms with Crippen LogP contribution in [0.4, 0.5) is 4.39 Å². The first-order valence-corrected chi connectivity index (χ1v) is 4.79. The van der Waals surface area contributed by atoms with Crippen molar-refractivity contribution in [1.29, 1.82) is 0 Å². The van der Waals surface area contributed by atoms with Gasteiger partial charge in [0.25, 0.3) is 0 Å². The molecule has 0 spiro atoms. The highest BCUT2D eigenvalue weighted by atomic mass is 19.1. The summed E-state index contributed by atoms with van der Waals surface area (Å²) in [5.41, 5.74) is 5.80. The lowest BCUT2D eigenvalue weighted by Crippen LogP contribution is -2.53. The third-order valence-corrected chi connectivity index (χ3v) is 2.45. The Morgan fingerprint density at radius 2 is 2.38 bits per heavy atom. The molecule has 0 amide bonds. The van der Waals surface area contributed by atoms with Crippen LogP contribution in [-0.4, -0.2) is 48.0 Å². The van der Waals surface area contributed by atoms with E-state index in [9.17, 15) is 4.39 Å². The maximum Gasteiger partial charge on any atom is 0.117 e. The predicted octanol–water partition coefficient (Wildman–Crippen LogP) is 0.130. The molecule has 1 rings (SSSR count). The van der Waals surface area contributed by atoms with Gasteiger partial charge < -0.3 is 10.8 Å². The molecule has 13 heavy (non-hydrogen) atoms. The van der Waals surface area contributed by atoms with E-state index in [-0.39, 0.29) is 5.54 Å². The highest BCUT2D eigenvalue weighted by Gasteiger charge is 2.27. The van der Waals surface area contributed by atoms with Crippen LogP contribution in [0.3, 0.4) is 0 Å². The molecule has 0 radical (unpaired) electrons. The zero-order valence-electron chi connectivity index (χ0n) is 8.17. The van der Waals surface area contributed by atoms with Crippen molar-refractivity contribution in [2.45, 2.75) is 31.4 Å². The highest BCUT2D eigenvalue weighted by molar-refractivity contribution is 4.87. The number of nitrogens with zero attached hydrogens (tertiary/aromatic N) is 1. The van der Waals surface area contributed by atoms with Crippen molar-refractivity contribution in [2.24, 2.45) is 5.73 Å². The maximum absolute atomic E-state index is 12.0. The molecule has 0 aromatic heterocycles. The quantitative estimate of drug-likeness (QED) is 0.665. The molecule has 2 atom stereocenters. The summed E-state index contributed by atoms with van der Waals surface area (Å²) in [6.07, 6.45) is 1.19. The van der Waals surface area contributed by atoms with Crippen LogP contribution in [0.2, 0.25) is 0 Å². The van der Waals surface area contributed by atoms with Crippen molar-refractivity contribution in [1.82, 2.24) is 4.90 Å². The van der Waals surface area contributed by atoms with Crippen LogP contribution in [0.15, 0.2) is 0 Å². The van der Waals surface area contributed by atoms with Gasteiger partial charge >= 0.3 is 0 Å². The van der Waals surface area contributed by atoms with Crippen LogP contribution >= 0.6 is 0 Å². The Morgan fingerprint density at radius 3 is 2.92 bits per heavy atom. The molecule has 0 aliphatic carbocycles. The third-order valence-electron chi connectivity index (χ3n) is 2.45. The summed E-state index contributed by atoms with van der Waals surface area (Å²) in [6, 6.07) is 0. The van der Waals surface area contributed by atoms with Gasteiger partial charge in [-0.25, -0.2) is 4.39 Å². The molecule has 0 aromatic rings. The fourth-order valence-electron chi connectivity index (χ4n) is 1.88. The molecule has 2 unspecified atom stereocenters. The fourth-order valence-corrected chi connectivity index (χ4v) is 1.88. The molecule has 0 aromatic carbocycles. The molecular formula is C9H19FN2O. The van der Waals surface area contributed by atoms with Gasteiger partial charge in [-0.3, -0.25) is 4.90 Å². The number of nitrogens with two attached hydrogens (primary N) is 1. The SMILES string of the molecule is CC1(N)CCCN(CC(O)CF)C1. The van der Waals surface area contributed by atoms with E-state index in [2.05, 4.69) is 0 Å². The van der Waals surface area contributed by atoms with E-state index in [1.54, 1.807) is 0 Å². The Hall–Kier alpha value is -0.190. The number of halogens is 1. The molecule has 1 aliphatic heterocycles. The van der Waals surface area contributed by atoms with Crippen LogP contribution in [0.5, 0.6) is 0 Å². The van der Waals surface area contributed by atoms with E-state index in [0.717, 1.165) is 25.9 Å². The van der Waals surface area contributed by atoms with Crippen LogP contribution in [0.25, 0.3) is 0 Å². The number of piperidine rings is 1. The largest absolute Gasteiger partial charge is 0.389 e. The zero-order valence-corrected chi connectivity index (χ0v) is 8.17. The third kappa shape index (κ3) is 3.58. The lowest BCUT2D eigenvalue weighted by molar-refractivity contribution is 0.0646.